The van der Waals surface area contributed by atoms with E-state index in [0.29, 0.717) is 10.7 Å². The molecule has 0 aromatic carbocycles. The lowest BCUT2D eigenvalue weighted by atomic mass is 10.5. The number of halogens is 6. The van der Waals surface area contributed by atoms with Crippen molar-refractivity contribution in [1.82, 2.24) is 14.6 Å². The Morgan fingerprint density at radius 3 is 2.42 bits per heavy atom. The molecule has 104 valence electrons. The van der Waals surface area contributed by atoms with E-state index in [0.717, 1.165) is 12.3 Å². The number of nitrogens with zero attached hydrogens (tertiary/aromatic N) is 3. The predicted molar refractivity (Wildman–Crippen MR) is 49.5 cm³/mol. The Morgan fingerprint density at radius 1 is 1.16 bits per heavy atom. The average Bonchev–Trinajstić information content (AvgIpc) is 2.68. The minimum absolute atomic E-state index is 0.428. The van der Waals surface area contributed by atoms with Crippen LogP contribution in [0, 0.1) is 0 Å². The highest BCUT2D eigenvalue weighted by molar-refractivity contribution is 5.53. The number of hydrogen-bond acceptors (Lipinski definition) is 3. The van der Waals surface area contributed by atoms with Gasteiger partial charge < -0.3 is 4.74 Å². The van der Waals surface area contributed by atoms with E-state index in [9.17, 15) is 26.3 Å². The first-order valence-electron chi connectivity index (χ1n) is 4.78. The van der Waals surface area contributed by atoms with Crippen LogP contribution in [0.3, 0.4) is 0 Å². The molecule has 4 nitrogen and oxygen atoms in total. The van der Waals surface area contributed by atoms with Crippen molar-refractivity contribution in [3.63, 3.8) is 0 Å². The van der Waals surface area contributed by atoms with E-state index in [1.54, 1.807) is 0 Å². The summed E-state index contributed by atoms with van der Waals surface area (Å²) in [6.45, 7) is -1.62. The van der Waals surface area contributed by atoms with Crippen molar-refractivity contribution in [3.8, 4) is 5.75 Å². The Hall–Kier alpha value is -2.00. The fourth-order valence-electron chi connectivity index (χ4n) is 1.28. The smallest absolute Gasteiger partial charge is 0.434 e. The minimum Gasteiger partial charge on any atom is -0.480 e. The van der Waals surface area contributed by atoms with Gasteiger partial charge in [-0.3, -0.25) is 0 Å². The molecule has 2 heterocycles. The molecular weight excluding hydrogens is 280 g/mol. The second-order valence-corrected chi connectivity index (χ2v) is 3.49. The topological polar surface area (TPSA) is 39.4 Å². The Morgan fingerprint density at radius 2 is 1.84 bits per heavy atom. The summed E-state index contributed by atoms with van der Waals surface area (Å²) < 4.78 is 78.3. The summed E-state index contributed by atoms with van der Waals surface area (Å²) in [5, 5.41) is 3.51. The number of hydrogen-bond donors (Lipinski definition) is 0. The standard InChI is InChI=1S/C9H5F6N3O/c10-8(11,12)4-19-5-1-2-16-18-3-6(9(13,14)15)17-7(5)18/h1-3H,4H2. The molecule has 0 N–H and O–H groups in total. The molecule has 19 heavy (non-hydrogen) atoms. The quantitative estimate of drug-likeness (QED) is 0.796. The summed E-state index contributed by atoms with van der Waals surface area (Å²) in [7, 11) is 0. The van der Waals surface area contributed by atoms with E-state index >= 15 is 0 Å². The van der Waals surface area contributed by atoms with Gasteiger partial charge in [-0.2, -0.15) is 31.4 Å². The minimum atomic E-state index is -4.71. The van der Waals surface area contributed by atoms with E-state index in [1.165, 1.54) is 0 Å². The van der Waals surface area contributed by atoms with Crippen molar-refractivity contribution in [3.05, 3.63) is 24.2 Å². The van der Waals surface area contributed by atoms with Crippen LogP contribution in [0.1, 0.15) is 5.69 Å². The van der Waals surface area contributed by atoms with E-state index < -0.39 is 36.1 Å². The second kappa shape index (κ2) is 4.28. The van der Waals surface area contributed by atoms with E-state index in [-0.39, 0.29) is 0 Å². The van der Waals surface area contributed by atoms with Gasteiger partial charge in [0.1, 0.15) is 0 Å². The molecule has 0 saturated heterocycles. The summed E-state index contributed by atoms with van der Waals surface area (Å²) in [6.07, 6.45) is -7.73. The van der Waals surface area contributed by atoms with Crippen molar-refractivity contribution >= 4 is 5.65 Å². The number of ether oxygens (including phenoxy) is 1. The Labute approximate surface area is 101 Å². The van der Waals surface area contributed by atoms with Gasteiger partial charge in [0.05, 0.1) is 12.4 Å². The first kappa shape index (κ1) is 13.4. The summed E-state index contributed by atoms with van der Waals surface area (Å²) in [5.74, 6) is -0.428. The number of aromatic nitrogens is 3. The van der Waals surface area contributed by atoms with E-state index in [4.69, 9.17) is 0 Å². The van der Waals surface area contributed by atoms with Crippen LogP contribution in [0.2, 0.25) is 0 Å². The molecule has 0 unspecified atom stereocenters. The van der Waals surface area contributed by atoms with Gasteiger partial charge in [0.2, 0.25) is 0 Å². The van der Waals surface area contributed by atoms with Crippen molar-refractivity contribution in [1.29, 1.82) is 0 Å². The first-order chi connectivity index (χ1) is 8.67. The normalized spacial score (nSPS) is 12.9. The van der Waals surface area contributed by atoms with Gasteiger partial charge in [-0.25, -0.2) is 9.50 Å². The summed E-state index contributed by atoms with van der Waals surface area (Å²) in [4.78, 5) is 3.17. The largest absolute Gasteiger partial charge is 0.480 e. The maximum atomic E-state index is 12.4. The van der Waals surface area contributed by atoms with Crippen LogP contribution in [0.25, 0.3) is 5.65 Å². The molecule has 0 fully saturated rings. The van der Waals surface area contributed by atoms with Crippen LogP contribution >= 0.6 is 0 Å². The van der Waals surface area contributed by atoms with Gasteiger partial charge in [-0.15, -0.1) is 0 Å². The van der Waals surface area contributed by atoms with Gasteiger partial charge >= 0.3 is 12.4 Å². The average molecular weight is 285 g/mol. The zero-order valence-corrected chi connectivity index (χ0v) is 8.96. The third kappa shape index (κ3) is 3.06. The van der Waals surface area contributed by atoms with Crippen molar-refractivity contribution in [2.45, 2.75) is 12.4 Å². The van der Waals surface area contributed by atoms with Gasteiger partial charge in [0, 0.05) is 6.07 Å². The third-order valence-corrected chi connectivity index (χ3v) is 2.01. The molecule has 0 radical (unpaired) electrons. The Bertz CT molecular complexity index is 588. The fraction of sp³-hybridized carbons (Fsp3) is 0.333. The van der Waals surface area contributed by atoms with Crippen molar-refractivity contribution in [2.24, 2.45) is 0 Å². The van der Waals surface area contributed by atoms with Gasteiger partial charge in [0.15, 0.2) is 23.7 Å². The Balaban J connectivity index is 2.37. The van der Waals surface area contributed by atoms with Gasteiger partial charge in [-0.05, 0) is 0 Å². The van der Waals surface area contributed by atoms with Crippen LogP contribution in [-0.2, 0) is 6.18 Å². The Kier molecular flexibility index (Phi) is 3.03. The third-order valence-electron chi connectivity index (χ3n) is 2.01. The maximum absolute atomic E-state index is 12.4. The van der Waals surface area contributed by atoms with Gasteiger partial charge in [0.25, 0.3) is 0 Å². The monoisotopic (exact) mass is 285 g/mol. The van der Waals surface area contributed by atoms with Crippen LogP contribution in [-0.4, -0.2) is 27.4 Å². The molecule has 0 saturated carbocycles. The highest BCUT2D eigenvalue weighted by Gasteiger charge is 2.35. The highest BCUT2D eigenvalue weighted by Crippen LogP contribution is 2.30. The fourth-order valence-corrected chi connectivity index (χ4v) is 1.28. The molecule has 0 aliphatic carbocycles. The first-order valence-corrected chi connectivity index (χ1v) is 4.78. The zero-order valence-electron chi connectivity index (χ0n) is 8.96. The summed E-state index contributed by atoms with van der Waals surface area (Å²) >= 11 is 0. The lowest BCUT2D eigenvalue weighted by Crippen LogP contribution is -2.19. The molecule has 0 bridgehead atoms. The van der Waals surface area contributed by atoms with Crippen LogP contribution in [0.15, 0.2) is 18.5 Å². The molecule has 2 rings (SSSR count). The number of alkyl halides is 6. The molecule has 0 amide bonds. The molecule has 0 aliphatic heterocycles. The molecular formula is C9H5F6N3O. The van der Waals surface area contributed by atoms with Gasteiger partial charge in [-0.1, -0.05) is 0 Å². The molecule has 2 aromatic rings. The maximum Gasteiger partial charge on any atom is 0.434 e. The highest BCUT2D eigenvalue weighted by atomic mass is 19.4. The number of rotatable bonds is 2. The van der Waals surface area contributed by atoms with Crippen LogP contribution in [0.4, 0.5) is 26.3 Å². The van der Waals surface area contributed by atoms with E-state index in [2.05, 4.69) is 14.8 Å². The SMILES string of the molecule is FC(F)(F)COc1ccnn2cc(C(F)(F)F)nc12. The molecule has 0 aliphatic rings. The molecule has 2 aromatic heterocycles. The molecule has 0 atom stereocenters. The lowest BCUT2D eigenvalue weighted by molar-refractivity contribution is -0.153. The number of imidazole rings is 1. The second-order valence-electron chi connectivity index (χ2n) is 3.49. The van der Waals surface area contributed by atoms with Crippen molar-refractivity contribution < 1.29 is 31.1 Å². The zero-order chi connectivity index (χ0) is 14.3. The van der Waals surface area contributed by atoms with Crippen LogP contribution in [0.5, 0.6) is 5.75 Å². The molecule has 10 heteroatoms. The lowest BCUT2D eigenvalue weighted by Gasteiger charge is -2.09. The predicted octanol–water partition coefficient (Wildman–Crippen LogP) is 2.69. The number of fused-ring (bicyclic) bond motifs is 1. The summed E-state index contributed by atoms with van der Waals surface area (Å²) in [6, 6.07) is 1.01. The summed E-state index contributed by atoms with van der Waals surface area (Å²) in [5.41, 5.74) is -1.69. The van der Waals surface area contributed by atoms with E-state index in [1.807, 2.05) is 0 Å². The van der Waals surface area contributed by atoms with Crippen molar-refractivity contribution in [2.75, 3.05) is 6.61 Å². The van der Waals surface area contributed by atoms with Crippen LogP contribution < -0.4 is 4.74 Å². The molecule has 0 spiro atoms.